The summed E-state index contributed by atoms with van der Waals surface area (Å²) in [6, 6.07) is 0.584. The Morgan fingerprint density at radius 3 is 2.13 bits per heavy atom. The van der Waals surface area contributed by atoms with Crippen LogP contribution in [0.3, 0.4) is 0 Å². The number of hydrogen-bond donors (Lipinski definition) is 8. The van der Waals surface area contributed by atoms with Gasteiger partial charge in [0, 0.05) is 18.4 Å². The summed E-state index contributed by atoms with van der Waals surface area (Å²) in [7, 11) is 0. The number of aliphatic hydroxyl groups is 7. The van der Waals surface area contributed by atoms with Gasteiger partial charge >= 0.3 is 0 Å². The zero-order valence-corrected chi connectivity index (χ0v) is 31.3. The van der Waals surface area contributed by atoms with Gasteiger partial charge in [0.25, 0.3) is 0 Å². The average Bonchev–Trinajstić information content (AvgIpc) is 3.49. The number of hydrogen-bond acceptors (Lipinski definition) is 13. The molecule has 0 spiro atoms. The number of rotatable bonds is 8. The molecule has 4 saturated carbocycles. The molecular formula is C39H65NO12. The van der Waals surface area contributed by atoms with E-state index in [2.05, 4.69) is 33.0 Å². The topological polar surface area (TPSA) is 208 Å². The predicted molar refractivity (Wildman–Crippen MR) is 186 cm³/mol. The smallest absolute Gasteiger partial charge is 0.187 e. The summed E-state index contributed by atoms with van der Waals surface area (Å²) < 4.78 is 23.3. The Balaban J connectivity index is 0.981. The second-order valence-corrected chi connectivity index (χ2v) is 18.4. The van der Waals surface area contributed by atoms with Crippen molar-refractivity contribution in [2.75, 3.05) is 19.8 Å². The minimum Gasteiger partial charge on any atom is -0.394 e. The van der Waals surface area contributed by atoms with Gasteiger partial charge in [-0.05, 0) is 111 Å². The molecule has 7 rings (SSSR count). The van der Waals surface area contributed by atoms with Crippen LogP contribution in [-0.4, -0.2) is 135 Å². The van der Waals surface area contributed by atoms with Crippen molar-refractivity contribution in [3.05, 3.63) is 0 Å². The van der Waals surface area contributed by atoms with E-state index in [-0.39, 0.29) is 16.7 Å². The molecule has 0 aromatic heterocycles. The summed E-state index contributed by atoms with van der Waals surface area (Å²) in [6.07, 6.45) is -5.43. The van der Waals surface area contributed by atoms with E-state index in [1.54, 1.807) is 0 Å². The lowest BCUT2D eigenvalue weighted by atomic mass is 9.44. The first-order valence-corrected chi connectivity index (χ1v) is 20.2. The highest BCUT2D eigenvalue weighted by Crippen LogP contribution is 2.68. The largest absolute Gasteiger partial charge is 0.394 e. The van der Waals surface area contributed by atoms with E-state index in [1.807, 2.05) is 0 Å². The molecule has 8 N–H and O–H groups in total. The minimum atomic E-state index is -1.74. The second-order valence-electron chi connectivity index (χ2n) is 18.4. The van der Waals surface area contributed by atoms with Gasteiger partial charge in [-0.1, -0.05) is 27.7 Å². The fourth-order valence-corrected chi connectivity index (χ4v) is 12.6. The molecule has 21 atom stereocenters. The number of fused-ring (bicyclic) bond motifs is 5. The molecule has 13 nitrogen and oxygen atoms in total. The van der Waals surface area contributed by atoms with Crippen molar-refractivity contribution >= 4 is 5.78 Å². The molecule has 4 aliphatic carbocycles. The summed E-state index contributed by atoms with van der Waals surface area (Å²) in [5.41, 5.74) is 0.132. The van der Waals surface area contributed by atoms with Crippen LogP contribution in [0, 0.1) is 52.3 Å². The van der Waals surface area contributed by atoms with Crippen LogP contribution < -0.4 is 5.32 Å². The molecule has 7 aliphatic rings. The molecule has 7 fully saturated rings. The Labute approximate surface area is 307 Å². The molecule has 3 saturated heterocycles. The second kappa shape index (κ2) is 15.3. The van der Waals surface area contributed by atoms with Gasteiger partial charge in [-0.3, -0.25) is 4.79 Å². The maximum Gasteiger partial charge on any atom is 0.187 e. The highest BCUT2D eigenvalue weighted by molar-refractivity contribution is 5.83. The van der Waals surface area contributed by atoms with E-state index in [1.165, 1.54) is 32.1 Å². The molecule has 0 aromatic carbocycles. The van der Waals surface area contributed by atoms with Crippen molar-refractivity contribution in [3.8, 4) is 0 Å². The van der Waals surface area contributed by atoms with E-state index in [0.29, 0.717) is 60.7 Å². The van der Waals surface area contributed by atoms with Crippen LogP contribution >= 0.6 is 0 Å². The standard InChI is InChI=1S/C39H65NO12/c1-18-5-8-26(40-15-18)19(2)22-6-7-23-21-14-27(43)25-13-20(9-11-39(25,4)24(21)10-12-38(22,23)3)49-36-34(48)32(46)35(29(17-42)51-36)52-37-33(47)31(45)30(44)28(16-41)50-37/h18-26,28-37,40-42,44-48H,5-17H2,1-4H3/t18-,19-,20-,21+,22+,23+,24+,25-,26-,28-,29-,30-,31+,32-,33-,34-,35-,36-,37-,38-,39+/m1/s1. The summed E-state index contributed by atoms with van der Waals surface area (Å²) in [4.78, 5) is 14.2. The molecule has 0 amide bonds. The van der Waals surface area contributed by atoms with Crippen molar-refractivity contribution in [2.24, 2.45) is 52.3 Å². The van der Waals surface area contributed by atoms with Gasteiger partial charge in [-0.2, -0.15) is 0 Å². The van der Waals surface area contributed by atoms with E-state index >= 15 is 0 Å². The molecule has 0 unspecified atom stereocenters. The first-order valence-electron chi connectivity index (χ1n) is 20.2. The Bertz CT molecular complexity index is 1250. The zero-order valence-electron chi connectivity index (χ0n) is 31.3. The molecule has 3 heterocycles. The molecule has 0 radical (unpaired) electrons. The Kier molecular flexibility index (Phi) is 11.6. The Morgan fingerprint density at radius 2 is 1.44 bits per heavy atom. The summed E-state index contributed by atoms with van der Waals surface area (Å²) >= 11 is 0. The van der Waals surface area contributed by atoms with Crippen LogP contribution in [0.25, 0.3) is 0 Å². The van der Waals surface area contributed by atoms with Crippen LogP contribution in [0.5, 0.6) is 0 Å². The number of aliphatic hydroxyl groups excluding tert-OH is 7. The van der Waals surface area contributed by atoms with E-state index in [9.17, 15) is 40.5 Å². The SMILES string of the molecule is C[C@@H]1CC[C@H]([C@H](C)[C@@H]2CC[C@H]3[C@@H]4CC(=O)[C@H]5C[C@H](O[C@@H]6O[C@H](CO)[C@@H](O[C@H]7O[C@H](CO)[C@@H](O)[C@H](O)[C@H]7O)[C@H](O)[C@H]6O)CC[C@@]5(C)[C@H]4CC[C@]23C)NC1. The van der Waals surface area contributed by atoms with E-state index in [0.717, 1.165) is 25.3 Å². The molecule has 298 valence electrons. The Hall–Kier alpha value is -0.810. The van der Waals surface area contributed by atoms with Crippen molar-refractivity contribution in [3.63, 3.8) is 0 Å². The highest BCUT2D eigenvalue weighted by Gasteiger charge is 2.63. The monoisotopic (exact) mass is 739 g/mol. The van der Waals surface area contributed by atoms with Crippen molar-refractivity contribution in [1.82, 2.24) is 5.32 Å². The van der Waals surface area contributed by atoms with Gasteiger partial charge in [0.15, 0.2) is 12.6 Å². The van der Waals surface area contributed by atoms with Crippen LogP contribution in [0.2, 0.25) is 0 Å². The number of ketones is 1. The van der Waals surface area contributed by atoms with Gasteiger partial charge in [0.1, 0.15) is 54.6 Å². The van der Waals surface area contributed by atoms with E-state index < -0.39 is 80.7 Å². The minimum absolute atomic E-state index is 0.129. The zero-order chi connectivity index (χ0) is 37.3. The van der Waals surface area contributed by atoms with Crippen molar-refractivity contribution < 1.29 is 59.5 Å². The fourth-order valence-electron chi connectivity index (χ4n) is 12.6. The van der Waals surface area contributed by atoms with Crippen molar-refractivity contribution in [1.29, 1.82) is 0 Å². The number of nitrogens with one attached hydrogen (secondary N) is 1. The van der Waals surface area contributed by atoms with Crippen LogP contribution in [0.15, 0.2) is 0 Å². The third-order valence-corrected chi connectivity index (χ3v) is 15.7. The molecule has 52 heavy (non-hydrogen) atoms. The lowest BCUT2D eigenvalue weighted by Crippen LogP contribution is -2.65. The summed E-state index contributed by atoms with van der Waals surface area (Å²) in [6.45, 7) is 9.49. The first kappa shape index (κ1) is 39.4. The first-order chi connectivity index (χ1) is 24.7. The lowest BCUT2D eigenvalue weighted by molar-refractivity contribution is -0.364. The third kappa shape index (κ3) is 6.74. The van der Waals surface area contributed by atoms with E-state index in [4.69, 9.17) is 18.9 Å². The van der Waals surface area contributed by atoms with Crippen LogP contribution in [0.1, 0.15) is 91.9 Å². The third-order valence-electron chi connectivity index (χ3n) is 15.7. The number of Topliss-reactive ketones (excluding diaryl/α,β-unsaturated/α-hetero) is 1. The quantitative estimate of drug-likeness (QED) is 0.163. The highest BCUT2D eigenvalue weighted by atomic mass is 16.7. The molecule has 0 aromatic rings. The molecule has 3 aliphatic heterocycles. The van der Waals surface area contributed by atoms with Gasteiger partial charge < -0.3 is 60.0 Å². The maximum atomic E-state index is 14.2. The molecule has 13 heteroatoms. The number of piperidine rings is 1. The summed E-state index contributed by atoms with van der Waals surface area (Å²) in [5.74, 6) is 3.66. The molecule has 0 bridgehead atoms. The number of carbonyl (C=O) groups is 1. The molecular weight excluding hydrogens is 674 g/mol. The average molecular weight is 740 g/mol. The van der Waals surface area contributed by atoms with Gasteiger partial charge in [-0.25, -0.2) is 0 Å². The van der Waals surface area contributed by atoms with Gasteiger partial charge in [-0.15, -0.1) is 0 Å². The predicted octanol–water partition coefficient (Wildman–Crippen LogP) is 0.858. The Morgan fingerprint density at radius 1 is 0.788 bits per heavy atom. The maximum absolute atomic E-state index is 14.2. The normalized spacial score (nSPS) is 54.6. The van der Waals surface area contributed by atoms with Crippen LogP contribution in [0.4, 0.5) is 0 Å². The van der Waals surface area contributed by atoms with Crippen LogP contribution in [-0.2, 0) is 23.7 Å². The number of carbonyl (C=O) groups excluding carboxylic acids is 1. The number of ether oxygens (including phenoxy) is 4. The summed E-state index contributed by atoms with van der Waals surface area (Å²) in [5, 5.41) is 76.6. The lowest BCUT2D eigenvalue weighted by Gasteiger charge is -2.61. The van der Waals surface area contributed by atoms with Crippen molar-refractivity contribution in [2.45, 2.75) is 165 Å². The van der Waals surface area contributed by atoms with Gasteiger partial charge in [0.05, 0.1) is 19.3 Å². The fraction of sp³-hybridized carbons (Fsp3) is 0.974. The van der Waals surface area contributed by atoms with Gasteiger partial charge in [0.2, 0.25) is 0 Å².